The first-order valence-electron chi connectivity index (χ1n) is 9.62. The summed E-state index contributed by atoms with van der Waals surface area (Å²) in [5.74, 6) is -5.09. The van der Waals surface area contributed by atoms with Crippen LogP contribution in [0.2, 0.25) is 0 Å². The van der Waals surface area contributed by atoms with Crippen molar-refractivity contribution in [1.29, 1.82) is 0 Å². The van der Waals surface area contributed by atoms with Crippen molar-refractivity contribution in [3.8, 4) is 0 Å². The Morgan fingerprint density at radius 3 is 1.69 bits per heavy atom. The maximum absolute atomic E-state index is 12.1. The van der Waals surface area contributed by atoms with Crippen LogP contribution >= 0.6 is 0 Å². The number of hydrogen-bond donors (Lipinski definition) is 1. The monoisotopic (exact) mass is 406 g/mol. The Labute approximate surface area is 169 Å². The smallest absolute Gasteiger partial charge is 0.348 e. The SMILES string of the molecule is CCC1(CC)OC(=O)C(=C/C=C/C=C/C2=C(O)OC(CC)(CC)OC2=O)C(=O)O1. The molecular weight excluding hydrogens is 380 g/mol. The molecule has 0 unspecified atom stereocenters. The number of aliphatic hydroxyl groups excluding tert-OH is 1. The van der Waals surface area contributed by atoms with Gasteiger partial charge >= 0.3 is 17.9 Å². The van der Waals surface area contributed by atoms with Gasteiger partial charge in [0.25, 0.3) is 17.5 Å². The van der Waals surface area contributed by atoms with E-state index in [1.165, 1.54) is 30.4 Å². The third kappa shape index (κ3) is 4.70. The molecule has 0 radical (unpaired) electrons. The van der Waals surface area contributed by atoms with Crippen molar-refractivity contribution in [3.63, 3.8) is 0 Å². The van der Waals surface area contributed by atoms with Gasteiger partial charge in [-0.15, -0.1) is 0 Å². The van der Waals surface area contributed by atoms with Gasteiger partial charge in [0.2, 0.25) is 0 Å². The molecule has 2 aliphatic rings. The van der Waals surface area contributed by atoms with Crippen molar-refractivity contribution in [2.45, 2.75) is 65.0 Å². The van der Waals surface area contributed by atoms with Gasteiger partial charge in [0, 0.05) is 25.7 Å². The highest BCUT2D eigenvalue weighted by Crippen LogP contribution is 2.32. The summed E-state index contributed by atoms with van der Waals surface area (Å²) in [5.41, 5.74) is -0.364. The molecule has 0 saturated carbocycles. The zero-order valence-corrected chi connectivity index (χ0v) is 17.0. The third-order valence-electron chi connectivity index (χ3n) is 4.91. The summed E-state index contributed by atoms with van der Waals surface area (Å²) >= 11 is 0. The van der Waals surface area contributed by atoms with E-state index in [9.17, 15) is 19.5 Å². The number of rotatable bonds is 7. The highest BCUT2D eigenvalue weighted by molar-refractivity contribution is 6.15. The average Bonchev–Trinajstić information content (AvgIpc) is 2.70. The van der Waals surface area contributed by atoms with Crippen molar-refractivity contribution in [1.82, 2.24) is 0 Å². The minimum Gasteiger partial charge on any atom is -0.480 e. The zero-order valence-electron chi connectivity index (χ0n) is 17.0. The molecule has 0 aromatic heterocycles. The van der Waals surface area contributed by atoms with Crippen LogP contribution in [-0.2, 0) is 33.3 Å². The Kier molecular flexibility index (Phi) is 6.89. The van der Waals surface area contributed by atoms with Crippen molar-refractivity contribution in [3.05, 3.63) is 47.5 Å². The molecule has 0 bridgehead atoms. The molecule has 0 amide bonds. The number of carbonyl (C=O) groups excluding carboxylic acids is 3. The second kappa shape index (κ2) is 8.98. The van der Waals surface area contributed by atoms with E-state index in [0.717, 1.165) is 0 Å². The van der Waals surface area contributed by atoms with Crippen LogP contribution < -0.4 is 0 Å². The van der Waals surface area contributed by atoms with Crippen LogP contribution in [0.3, 0.4) is 0 Å². The molecule has 0 spiro atoms. The average molecular weight is 406 g/mol. The molecule has 1 N–H and O–H groups in total. The van der Waals surface area contributed by atoms with Gasteiger partial charge in [0.15, 0.2) is 0 Å². The second-order valence-corrected chi connectivity index (χ2v) is 6.55. The number of ether oxygens (including phenoxy) is 4. The van der Waals surface area contributed by atoms with Crippen LogP contribution in [0.4, 0.5) is 0 Å². The molecule has 2 rings (SSSR count). The molecule has 0 atom stereocenters. The standard InChI is InChI=1S/C21H26O8/c1-5-20(6-2)26-16(22)14(17(23)27-20)12-10-9-11-13-15-18(24)28-21(7-3,8-4)29-19(15)25/h9-13,22H,5-8H2,1-4H3/b11-9+,12-10+. The van der Waals surface area contributed by atoms with Gasteiger partial charge < -0.3 is 24.1 Å². The van der Waals surface area contributed by atoms with Gasteiger partial charge in [0.05, 0.1) is 0 Å². The maximum atomic E-state index is 12.1. The molecule has 0 aromatic rings. The summed E-state index contributed by atoms with van der Waals surface area (Å²) in [6, 6.07) is 0. The minimum atomic E-state index is -1.22. The molecule has 8 nitrogen and oxygen atoms in total. The summed E-state index contributed by atoms with van der Waals surface area (Å²) in [7, 11) is 0. The number of carbonyl (C=O) groups is 3. The summed E-state index contributed by atoms with van der Waals surface area (Å²) in [6.07, 6.45) is 8.38. The summed E-state index contributed by atoms with van der Waals surface area (Å²) in [4.78, 5) is 36.3. The molecule has 158 valence electrons. The third-order valence-corrected chi connectivity index (χ3v) is 4.91. The van der Waals surface area contributed by atoms with Crippen LogP contribution in [0.25, 0.3) is 0 Å². The van der Waals surface area contributed by atoms with E-state index in [1.807, 2.05) is 0 Å². The summed E-state index contributed by atoms with van der Waals surface area (Å²) in [5, 5.41) is 10.0. The van der Waals surface area contributed by atoms with Gasteiger partial charge in [-0.1, -0.05) is 45.9 Å². The van der Waals surface area contributed by atoms with Gasteiger partial charge in [-0.05, 0) is 12.2 Å². The molecular formula is C21H26O8. The molecule has 2 heterocycles. The number of aliphatic hydroxyl groups is 1. The Hall–Kier alpha value is -3.03. The first-order chi connectivity index (χ1) is 13.7. The fourth-order valence-electron chi connectivity index (χ4n) is 2.84. The lowest BCUT2D eigenvalue weighted by Crippen LogP contribution is -2.45. The first-order valence-corrected chi connectivity index (χ1v) is 9.62. The predicted molar refractivity (Wildman–Crippen MR) is 102 cm³/mol. The largest absolute Gasteiger partial charge is 0.480 e. The fraction of sp³-hybridized carbons (Fsp3) is 0.476. The lowest BCUT2D eigenvalue weighted by Gasteiger charge is -2.34. The van der Waals surface area contributed by atoms with E-state index >= 15 is 0 Å². The van der Waals surface area contributed by atoms with Crippen LogP contribution in [0.5, 0.6) is 0 Å². The van der Waals surface area contributed by atoms with Gasteiger partial charge in [-0.2, -0.15) is 0 Å². The number of esters is 3. The normalized spacial score (nSPS) is 21.1. The van der Waals surface area contributed by atoms with Crippen LogP contribution in [0, 0.1) is 0 Å². The molecule has 29 heavy (non-hydrogen) atoms. The zero-order chi connectivity index (χ0) is 21.7. The summed E-state index contributed by atoms with van der Waals surface area (Å²) < 4.78 is 21.2. The summed E-state index contributed by atoms with van der Waals surface area (Å²) in [6.45, 7) is 7.10. The lowest BCUT2D eigenvalue weighted by molar-refractivity contribution is -0.240. The van der Waals surface area contributed by atoms with Crippen LogP contribution in [-0.4, -0.2) is 34.6 Å². The number of allylic oxidation sites excluding steroid dienone is 4. The Morgan fingerprint density at radius 2 is 1.21 bits per heavy atom. The van der Waals surface area contributed by atoms with Gasteiger partial charge in [-0.25, -0.2) is 14.4 Å². The highest BCUT2D eigenvalue weighted by atomic mass is 16.8. The number of cyclic esters (lactones) is 3. The number of hydrogen-bond acceptors (Lipinski definition) is 8. The molecule has 1 saturated heterocycles. The van der Waals surface area contributed by atoms with E-state index in [0.29, 0.717) is 25.7 Å². The maximum Gasteiger partial charge on any atom is 0.348 e. The van der Waals surface area contributed by atoms with E-state index < -0.39 is 35.4 Å². The Balaban J connectivity index is 2.08. The lowest BCUT2D eigenvalue weighted by atomic mass is 10.1. The second-order valence-electron chi connectivity index (χ2n) is 6.55. The van der Waals surface area contributed by atoms with Crippen molar-refractivity contribution in [2.24, 2.45) is 0 Å². The van der Waals surface area contributed by atoms with Crippen LogP contribution in [0.1, 0.15) is 53.4 Å². The first kappa shape index (κ1) is 22.3. The van der Waals surface area contributed by atoms with Crippen molar-refractivity contribution >= 4 is 17.9 Å². The topological polar surface area (TPSA) is 108 Å². The van der Waals surface area contributed by atoms with Gasteiger partial charge in [-0.3, -0.25) is 0 Å². The molecule has 1 fully saturated rings. The van der Waals surface area contributed by atoms with E-state index in [1.54, 1.807) is 27.7 Å². The minimum absolute atomic E-state index is 0.132. The van der Waals surface area contributed by atoms with Crippen molar-refractivity contribution in [2.75, 3.05) is 0 Å². The Morgan fingerprint density at radius 1 is 0.724 bits per heavy atom. The molecule has 2 aliphatic heterocycles. The van der Waals surface area contributed by atoms with Crippen molar-refractivity contribution < 1.29 is 38.4 Å². The highest BCUT2D eigenvalue weighted by Gasteiger charge is 2.43. The van der Waals surface area contributed by atoms with E-state index in [2.05, 4.69) is 0 Å². The van der Waals surface area contributed by atoms with E-state index in [4.69, 9.17) is 18.9 Å². The van der Waals surface area contributed by atoms with Gasteiger partial charge in [0.1, 0.15) is 11.1 Å². The Bertz CT molecular complexity index is 769. The van der Waals surface area contributed by atoms with E-state index in [-0.39, 0.29) is 11.1 Å². The van der Waals surface area contributed by atoms with Crippen LogP contribution in [0.15, 0.2) is 47.5 Å². The molecule has 0 aliphatic carbocycles. The molecule has 0 aromatic carbocycles. The quantitative estimate of drug-likeness (QED) is 0.296. The molecule has 8 heteroatoms. The fourth-order valence-corrected chi connectivity index (χ4v) is 2.84. The predicted octanol–water partition coefficient (Wildman–Crippen LogP) is 3.50.